The van der Waals surface area contributed by atoms with Gasteiger partial charge in [0.2, 0.25) is 5.95 Å². The van der Waals surface area contributed by atoms with Crippen molar-refractivity contribution in [1.82, 2.24) is 10.2 Å². The number of rotatable bonds is 7. The number of aliphatic carboxylic acids is 1. The summed E-state index contributed by atoms with van der Waals surface area (Å²) in [5.74, 6) is -0.745. The van der Waals surface area contributed by atoms with Gasteiger partial charge in [0.1, 0.15) is 5.75 Å². The summed E-state index contributed by atoms with van der Waals surface area (Å²) in [4.78, 5) is 10.9. The van der Waals surface area contributed by atoms with Gasteiger partial charge in [-0.1, -0.05) is 30.3 Å². The fourth-order valence-corrected chi connectivity index (χ4v) is 4.45. The predicted molar refractivity (Wildman–Crippen MR) is 136 cm³/mol. The first-order chi connectivity index (χ1) is 17.5. The first-order valence-corrected chi connectivity index (χ1v) is 11.5. The average molecular weight is 480 g/mol. The molecule has 0 bridgehead atoms. The minimum atomic E-state index is -1.02. The number of carboxylic acid groups (broad SMARTS) is 1. The molecule has 1 aliphatic carbocycles. The lowest BCUT2D eigenvalue weighted by Crippen LogP contribution is -2.00. The third-order valence-corrected chi connectivity index (χ3v) is 6.32. The van der Waals surface area contributed by atoms with E-state index in [0.717, 1.165) is 52.3 Å². The van der Waals surface area contributed by atoms with E-state index in [-0.39, 0.29) is 5.92 Å². The molecule has 1 aromatic heterocycles. The van der Waals surface area contributed by atoms with Gasteiger partial charge in [-0.25, -0.2) is 4.79 Å². The van der Waals surface area contributed by atoms with E-state index in [1.807, 2.05) is 42.5 Å². The van der Waals surface area contributed by atoms with Crippen molar-refractivity contribution in [2.24, 2.45) is 5.92 Å². The van der Waals surface area contributed by atoms with Crippen LogP contribution in [0, 0.1) is 23.2 Å². The monoisotopic (exact) mass is 479 g/mol. The zero-order valence-corrected chi connectivity index (χ0v) is 19.5. The molecule has 1 fully saturated rings. The van der Waals surface area contributed by atoms with Crippen molar-refractivity contribution in [2.75, 3.05) is 7.11 Å². The number of carbonyl (C=O) groups is 1. The number of fused-ring (bicyclic) bond motifs is 1. The van der Waals surface area contributed by atoms with Gasteiger partial charge in [-0.05, 0) is 88.6 Å². The molecular weight excluding hydrogens is 457 g/mol. The van der Waals surface area contributed by atoms with Crippen LogP contribution in [-0.2, 0) is 4.79 Å². The lowest BCUT2D eigenvalue weighted by atomic mass is 9.85. The standard InChI is InChI=1S/C29H22FN3O3/c1-36-22-10-11-23(21(14-22)16-31)28(19-7-8-19)27(18-5-2-17(3-6-18)4-13-26(34)35)20-9-12-25-24(15-20)29(30)33-32-25/h2-6,9-15,19H,7-8H2,1H3,(H,32,33)(H,34,35). The number of H-pyrrole nitrogens is 1. The van der Waals surface area contributed by atoms with Crippen molar-refractivity contribution >= 4 is 34.1 Å². The van der Waals surface area contributed by atoms with Crippen LogP contribution in [-0.4, -0.2) is 28.4 Å². The number of hydrogen-bond donors (Lipinski definition) is 2. The van der Waals surface area contributed by atoms with Gasteiger partial charge in [-0.3, -0.25) is 5.10 Å². The molecule has 0 spiro atoms. The van der Waals surface area contributed by atoms with Crippen molar-refractivity contribution < 1.29 is 19.0 Å². The molecule has 1 saturated carbocycles. The Morgan fingerprint density at radius 2 is 1.89 bits per heavy atom. The summed E-state index contributed by atoms with van der Waals surface area (Å²) in [6.07, 6.45) is 4.59. The molecule has 6 nitrogen and oxygen atoms in total. The number of hydrogen-bond acceptors (Lipinski definition) is 4. The number of aromatic nitrogens is 2. The van der Waals surface area contributed by atoms with Crippen molar-refractivity contribution in [3.63, 3.8) is 0 Å². The summed E-state index contributed by atoms with van der Waals surface area (Å²) in [6, 6.07) is 20.8. The molecule has 0 radical (unpaired) electrons. The van der Waals surface area contributed by atoms with E-state index in [2.05, 4.69) is 16.3 Å². The van der Waals surface area contributed by atoms with Gasteiger partial charge >= 0.3 is 5.97 Å². The molecule has 4 aromatic rings. The van der Waals surface area contributed by atoms with Gasteiger partial charge in [-0.15, -0.1) is 5.10 Å². The Hall–Kier alpha value is -4.70. The number of nitrogens with one attached hydrogen (secondary N) is 1. The second-order valence-electron chi connectivity index (χ2n) is 8.65. The third-order valence-electron chi connectivity index (χ3n) is 6.32. The number of aromatic amines is 1. The van der Waals surface area contributed by atoms with Crippen molar-refractivity contribution in [3.05, 3.63) is 101 Å². The summed E-state index contributed by atoms with van der Waals surface area (Å²) in [6.45, 7) is 0. The van der Waals surface area contributed by atoms with Crippen LogP contribution >= 0.6 is 0 Å². The normalized spacial score (nSPS) is 14.0. The fourth-order valence-electron chi connectivity index (χ4n) is 4.45. The van der Waals surface area contributed by atoms with Crippen LogP contribution in [0.2, 0.25) is 0 Å². The van der Waals surface area contributed by atoms with Crippen LogP contribution in [0.5, 0.6) is 5.75 Å². The number of benzene rings is 3. The van der Waals surface area contributed by atoms with Crippen molar-refractivity contribution in [3.8, 4) is 11.8 Å². The van der Waals surface area contributed by atoms with Crippen LogP contribution in [0.25, 0.3) is 28.1 Å². The SMILES string of the molecule is COc1ccc(C(=C(c2ccc(C=CC(=O)O)cc2)c2ccc3[nH]nc(F)c3c2)C2CC2)c(C#N)c1. The quantitative estimate of drug-likeness (QED) is 0.248. The maximum absolute atomic E-state index is 14.4. The van der Waals surface area contributed by atoms with Crippen LogP contribution in [0.1, 0.15) is 40.7 Å². The lowest BCUT2D eigenvalue weighted by Gasteiger charge is -2.19. The lowest BCUT2D eigenvalue weighted by molar-refractivity contribution is -0.131. The highest BCUT2D eigenvalue weighted by atomic mass is 19.1. The van der Waals surface area contributed by atoms with E-state index in [0.29, 0.717) is 22.2 Å². The maximum Gasteiger partial charge on any atom is 0.328 e. The van der Waals surface area contributed by atoms with Gasteiger partial charge in [-0.2, -0.15) is 9.65 Å². The summed E-state index contributed by atoms with van der Waals surface area (Å²) < 4.78 is 19.8. The second kappa shape index (κ2) is 9.51. The van der Waals surface area contributed by atoms with E-state index >= 15 is 0 Å². The number of methoxy groups -OCH3 is 1. The molecule has 1 aliphatic rings. The molecule has 0 atom stereocenters. The van der Waals surface area contributed by atoms with E-state index in [9.17, 15) is 14.4 Å². The average Bonchev–Trinajstić information content (AvgIpc) is 3.68. The summed E-state index contributed by atoms with van der Waals surface area (Å²) in [5, 5.41) is 25.7. The Morgan fingerprint density at radius 3 is 2.56 bits per heavy atom. The third kappa shape index (κ3) is 4.49. The molecule has 3 aromatic carbocycles. The van der Waals surface area contributed by atoms with E-state index in [1.165, 1.54) is 6.08 Å². The molecule has 0 saturated heterocycles. The van der Waals surface area contributed by atoms with Crippen LogP contribution in [0.3, 0.4) is 0 Å². The van der Waals surface area contributed by atoms with Gasteiger partial charge < -0.3 is 9.84 Å². The summed E-state index contributed by atoms with van der Waals surface area (Å²) in [7, 11) is 1.56. The number of ether oxygens (including phenoxy) is 1. The number of carboxylic acids is 1. The smallest absolute Gasteiger partial charge is 0.328 e. The first-order valence-electron chi connectivity index (χ1n) is 11.5. The number of halogens is 1. The molecule has 2 N–H and O–H groups in total. The highest BCUT2D eigenvalue weighted by Gasteiger charge is 2.32. The van der Waals surface area contributed by atoms with Crippen LogP contribution in [0.15, 0.2) is 66.7 Å². The largest absolute Gasteiger partial charge is 0.497 e. The Kier molecular flexibility index (Phi) is 6.09. The first kappa shape index (κ1) is 23.1. The van der Waals surface area contributed by atoms with E-state index in [1.54, 1.807) is 25.3 Å². The molecule has 178 valence electrons. The molecule has 0 amide bonds. The molecule has 36 heavy (non-hydrogen) atoms. The minimum Gasteiger partial charge on any atom is -0.497 e. The Balaban J connectivity index is 1.77. The zero-order chi connectivity index (χ0) is 25.2. The molecule has 7 heteroatoms. The van der Waals surface area contributed by atoms with Crippen LogP contribution < -0.4 is 4.74 Å². The number of nitrogens with zero attached hydrogens (tertiary/aromatic N) is 2. The Labute approximate surface area is 207 Å². The topological polar surface area (TPSA) is 99.0 Å². The highest BCUT2D eigenvalue weighted by molar-refractivity contribution is 6.02. The maximum atomic E-state index is 14.4. The molecule has 1 heterocycles. The Morgan fingerprint density at radius 1 is 1.14 bits per heavy atom. The number of nitriles is 1. The number of allylic oxidation sites excluding steroid dienone is 1. The molecule has 0 aliphatic heterocycles. The fraction of sp³-hybridized carbons (Fsp3) is 0.138. The van der Waals surface area contributed by atoms with Crippen molar-refractivity contribution in [1.29, 1.82) is 5.26 Å². The molecule has 5 rings (SSSR count). The van der Waals surface area contributed by atoms with Crippen molar-refractivity contribution in [2.45, 2.75) is 12.8 Å². The highest BCUT2D eigenvalue weighted by Crippen LogP contribution is 2.49. The summed E-state index contributed by atoms with van der Waals surface area (Å²) >= 11 is 0. The van der Waals surface area contributed by atoms with Gasteiger partial charge in [0, 0.05) is 6.08 Å². The van der Waals surface area contributed by atoms with Gasteiger partial charge in [0.05, 0.1) is 29.6 Å². The molecular formula is C29H22FN3O3. The van der Waals surface area contributed by atoms with E-state index in [4.69, 9.17) is 9.84 Å². The van der Waals surface area contributed by atoms with E-state index < -0.39 is 11.9 Å². The zero-order valence-electron chi connectivity index (χ0n) is 19.5. The summed E-state index contributed by atoms with van der Waals surface area (Å²) in [5.41, 5.74) is 6.27. The minimum absolute atomic E-state index is 0.247. The Bertz CT molecular complexity index is 1570. The van der Waals surface area contributed by atoms with Gasteiger partial charge in [0.15, 0.2) is 0 Å². The second-order valence-corrected chi connectivity index (χ2v) is 8.65. The predicted octanol–water partition coefficient (Wildman–Crippen LogP) is 6.05. The van der Waals surface area contributed by atoms with Gasteiger partial charge in [0.25, 0.3) is 0 Å². The molecule has 0 unspecified atom stereocenters. The van der Waals surface area contributed by atoms with Crippen LogP contribution in [0.4, 0.5) is 4.39 Å².